The molecule has 3 aromatic rings. The topological polar surface area (TPSA) is 63.9 Å². The van der Waals surface area contributed by atoms with Gasteiger partial charge in [-0.25, -0.2) is 4.98 Å². The minimum atomic E-state index is 0.0329. The third-order valence-corrected chi connectivity index (χ3v) is 5.93. The number of hydrogen-bond donors (Lipinski definition) is 0. The number of carbonyl (C=O) groups is 1. The quantitative estimate of drug-likeness (QED) is 0.693. The molecule has 1 aromatic carbocycles. The summed E-state index contributed by atoms with van der Waals surface area (Å²) in [5, 5.41) is 10.7. The average Bonchev–Trinajstić information content (AvgIpc) is 3.33. The van der Waals surface area contributed by atoms with E-state index in [2.05, 4.69) is 47.3 Å². The van der Waals surface area contributed by atoms with Gasteiger partial charge in [0.05, 0.1) is 6.20 Å². The highest BCUT2D eigenvalue weighted by molar-refractivity contribution is 7.13. The van der Waals surface area contributed by atoms with Gasteiger partial charge in [-0.15, -0.1) is 16.4 Å². The summed E-state index contributed by atoms with van der Waals surface area (Å²) in [7, 11) is 0. The smallest absolute Gasteiger partial charge is 0.273 e. The minimum Gasteiger partial charge on any atom is -0.337 e. The molecule has 0 radical (unpaired) electrons. The van der Waals surface area contributed by atoms with Crippen LogP contribution in [0.2, 0.25) is 0 Å². The van der Waals surface area contributed by atoms with Crippen molar-refractivity contribution in [1.29, 1.82) is 0 Å². The summed E-state index contributed by atoms with van der Waals surface area (Å²) in [5.41, 5.74) is 4.08. The minimum absolute atomic E-state index is 0.0329. The van der Waals surface area contributed by atoms with Crippen LogP contribution in [-0.4, -0.2) is 43.9 Å². The summed E-state index contributed by atoms with van der Waals surface area (Å²) >= 11 is 1.54. The second kappa shape index (κ2) is 7.60. The molecule has 1 fully saturated rings. The molecule has 7 heteroatoms. The van der Waals surface area contributed by atoms with E-state index < -0.39 is 0 Å². The maximum absolute atomic E-state index is 13.0. The van der Waals surface area contributed by atoms with E-state index in [4.69, 9.17) is 0 Å². The van der Waals surface area contributed by atoms with Crippen molar-refractivity contribution in [2.45, 2.75) is 33.2 Å². The van der Waals surface area contributed by atoms with Gasteiger partial charge in [0.25, 0.3) is 5.91 Å². The van der Waals surface area contributed by atoms with Crippen molar-refractivity contribution >= 4 is 17.2 Å². The fourth-order valence-electron chi connectivity index (χ4n) is 3.70. The maximum atomic E-state index is 13.0. The molecule has 0 N–H and O–H groups in total. The molecule has 1 aliphatic rings. The number of aryl methyl sites for hydroxylation is 2. The zero-order valence-corrected chi connectivity index (χ0v) is 16.4. The lowest BCUT2D eigenvalue weighted by molar-refractivity contribution is 0.0654. The molecule has 1 atom stereocenters. The van der Waals surface area contributed by atoms with Gasteiger partial charge >= 0.3 is 0 Å². The lowest BCUT2D eigenvalue weighted by atomic mass is 9.98. The molecule has 1 saturated heterocycles. The molecule has 27 heavy (non-hydrogen) atoms. The van der Waals surface area contributed by atoms with Gasteiger partial charge in [0.15, 0.2) is 0 Å². The Morgan fingerprint density at radius 2 is 2.22 bits per heavy atom. The number of likely N-dealkylation sites (tertiary alicyclic amines) is 1. The van der Waals surface area contributed by atoms with Crippen molar-refractivity contribution in [3.8, 4) is 10.6 Å². The molecule has 1 unspecified atom stereocenters. The second-order valence-corrected chi connectivity index (χ2v) is 8.10. The monoisotopic (exact) mass is 381 g/mol. The molecule has 4 rings (SSSR count). The summed E-state index contributed by atoms with van der Waals surface area (Å²) in [5.74, 6) is 0.437. The van der Waals surface area contributed by atoms with Gasteiger partial charge in [0.1, 0.15) is 10.7 Å². The average molecular weight is 382 g/mol. The number of aromatic nitrogens is 4. The van der Waals surface area contributed by atoms with Crippen LogP contribution in [0.3, 0.4) is 0 Å². The Bertz CT molecular complexity index is 934. The van der Waals surface area contributed by atoms with Crippen molar-refractivity contribution in [2.75, 3.05) is 13.1 Å². The van der Waals surface area contributed by atoms with E-state index >= 15 is 0 Å². The van der Waals surface area contributed by atoms with E-state index in [1.165, 1.54) is 22.5 Å². The molecular formula is C20H23N5OS. The molecule has 0 saturated carbocycles. The number of thiazole rings is 1. The highest BCUT2D eigenvalue weighted by Gasteiger charge is 2.26. The zero-order chi connectivity index (χ0) is 18.8. The third kappa shape index (κ3) is 3.93. The molecule has 140 valence electrons. The predicted octanol–water partition coefficient (Wildman–Crippen LogP) is 3.57. The van der Waals surface area contributed by atoms with E-state index in [1.54, 1.807) is 6.20 Å². The normalized spacial score (nSPS) is 17.3. The Hall–Kier alpha value is -2.54. The Labute approximate surface area is 162 Å². The predicted molar refractivity (Wildman–Crippen MR) is 106 cm³/mol. The van der Waals surface area contributed by atoms with E-state index in [1.807, 2.05) is 21.2 Å². The first-order chi connectivity index (χ1) is 13.1. The van der Waals surface area contributed by atoms with E-state index in [0.717, 1.165) is 43.0 Å². The first-order valence-corrected chi connectivity index (χ1v) is 10.1. The Morgan fingerprint density at radius 1 is 1.33 bits per heavy atom. The molecule has 0 bridgehead atoms. The van der Waals surface area contributed by atoms with Crippen molar-refractivity contribution in [3.63, 3.8) is 0 Å². The molecule has 0 spiro atoms. The summed E-state index contributed by atoms with van der Waals surface area (Å²) in [4.78, 5) is 19.5. The van der Waals surface area contributed by atoms with Gasteiger partial charge in [-0.05, 0) is 38.2 Å². The van der Waals surface area contributed by atoms with Crippen LogP contribution in [0.4, 0.5) is 0 Å². The number of piperidine rings is 1. The maximum Gasteiger partial charge on any atom is 0.273 e. The molecule has 0 aliphatic carbocycles. The van der Waals surface area contributed by atoms with Crippen LogP contribution in [0.1, 0.15) is 34.5 Å². The highest BCUT2D eigenvalue weighted by atomic mass is 32.1. The van der Waals surface area contributed by atoms with E-state index in [9.17, 15) is 4.79 Å². The number of nitrogens with zero attached hydrogens (tertiary/aromatic N) is 5. The number of carbonyl (C=O) groups excluding carboxylic acids is 1. The lowest BCUT2D eigenvalue weighted by Gasteiger charge is -2.32. The number of benzene rings is 1. The van der Waals surface area contributed by atoms with Crippen molar-refractivity contribution in [3.05, 3.63) is 52.8 Å². The lowest BCUT2D eigenvalue weighted by Crippen LogP contribution is -2.41. The summed E-state index contributed by atoms with van der Waals surface area (Å²) in [6.45, 7) is 6.51. The largest absolute Gasteiger partial charge is 0.337 e. The Morgan fingerprint density at radius 3 is 3.00 bits per heavy atom. The highest BCUT2D eigenvalue weighted by Crippen LogP contribution is 2.28. The third-order valence-electron chi connectivity index (χ3n) is 5.06. The van der Waals surface area contributed by atoms with Crippen LogP contribution in [-0.2, 0) is 6.54 Å². The van der Waals surface area contributed by atoms with Gasteiger partial charge in [0, 0.05) is 36.8 Å². The van der Waals surface area contributed by atoms with Crippen molar-refractivity contribution in [2.24, 2.45) is 5.92 Å². The van der Waals surface area contributed by atoms with Gasteiger partial charge in [-0.3, -0.25) is 9.48 Å². The molecule has 6 nitrogen and oxygen atoms in total. The first-order valence-electron chi connectivity index (χ1n) is 9.26. The van der Waals surface area contributed by atoms with Gasteiger partial charge in [0.2, 0.25) is 0 Å². The van der Waals surface area contributed by atoms with Crippen molar-refractivity contribution < 1.29 is 4.79 Å². The SMILES string of the molecule is Cc1ccc(-c2nc(C(=O)N3CCCC(Cn4ccnn4)C3)cs2)c(C)c1. The molecule has 2 aromatic heterocycles. The first kappa shape index (κ1) is 17.9. The fourth-order valence-corrected chi connectivity index (χ4v) is 4.59. The molecule has 1 aliphatic heterocycles. The fraction of sp³-hybridized carbons (Fsp3) is 0.400. The Balaban J connectivity index is 1.47. The number of rotatable bonds is 4. The van der Waals surface area contributed by atoms with Crippen LogP contribution in [0.25, 0.3) is 10.6 Å². The second-order valence-electron chi connectivity index (χ2n) is 7.24. The van der Waals surface area contributed by atoms with Crippen LogP contribution in [0.15, 0.2) is 36.0 Å². The summed E-state index contributed by atoms with van der Waals surface area (Å²) < 4.78 is 1.85. The van der Waals surface area contributed by atoms with Crippen LogP contribution in [0.5, 0.6) is 0 Å². The van der Waals surface area contributed by atoms with Gasteiger partial charge in [-0.2, -0.15) is 0 Å². The Kier molecular flexibility index (Phi) is 5.03. The number of hydrogen-bond acceptors (Lipinski definition) is 5. The van der Waals surface area contributed by atoms with Crippen LogP contribution in [0, 0.1) is 19.8 Å². The van der Waals surface area contributed by atoms with E-state index in [0.29, 0.717) is 11.6 Å². The van der Waals surface area contributed by atoms with Gasteiger partial charge in [-0.1, -0.05) is 29.0 Å². The molecular weight excluding hydrogens is 358 g/mol. The summed E-state index contributed by atoms with van der Waals surface area (Å²) in [6.07, 6.45) is 5.68. The van der Waals surface area contributed by atoms with Gasteiger partial charge < -0.3 is 4.90 Å². The standard InChI is InChI=1S/C20H23N5OS/c1-14-5-6-17(15(2)10-14)19-22-18(13-27-19)20(26)24-8-3-4-16(11-24)12-25-9-7-21-23-25/h5-7,9-10,13,16H,3-4,8,11-12H2,1-2H3. The van der Waals surface area contributed by atoms with Crippen LogP contribution < -0.4 is 0 Å². The zero-order valence-electron chi connectivity index (χ0n) is 15.6. The molecule has 1 amide bonds. The van der Waals surface area contributed by atoms with E-state index in [-0.39, 0.29) is 5.91 Å². The molecule has 3 heterocycles. The number of amides is 1. The summed E-state index contributed by atoms with van der Waals surface area (Å²) in [6, 6.07) is 6.33. The van der Waals surface area contributed by atoms with Crippen molar-refractivity contribution in [1.82, 2.24) is 24.9 Å². The van der Waals surface area contributed by atoms with Crippen LogP contribution >= 0.6 is 11.3 Å².